The molecule has 22 heavy (non-hydrogen) atoms. The van der Waals surface area contributed by atoms with Gasteiger partial charge in [0.25, 0.3) is 0 Å². The molecular weight excluding hydrogens is 309 g/mol. The van der Waals surface area contributed by atoms with E-state index in [1.54, 1.807) is 4.90 Å². The number of carbonyl (C=O) groups excluding carboxylic acids is 1. The van der Waals surface area contributed by atoms with E-state index in [1.165, 1.54) is 12.1 Å². The van der Waals surface area contributed by atoms with Crippen LogP contribution in [0, 0.1) is 5.82 Å². The SMILES string of the molecule is CC(C)(C)OC(=O)N1CCN(c2cc(Cl)c(N)cc2F)CC1. The Balaban J connectivity index is 2.01. The minimum absolute atomic E-state index is 0.218. The number of halogens is 2. The monoisotopic (exact) mass is 329 g/mol. The Labute approximate surface area is 134 Å². The smallest absolute Gasteiger partial charge is 0.410 e. The van der Waals surface area contributed by atoms with Crippen molar-refractivity contribution in [2.45, 2.75) is 26.4 Å². The maximum Gasteiger partial charge on any atom is 0.410 e. The molecule has 0 unspecified atom stereocenters. The summed E-state index contributed by atoms with van der Waals surface area (Å²) in [5.74, 6) is -0.410. The van der Waals surface area contributed by atoms with Crippen LogP contribution in [0.5, 0.6) is 0 Å². The summed E-state index contributed by atoms with van der Waals surface area (Å²) in [5.41, 5.74) is 5.68. The van der Waals surface area contributed by atoms with Gasteiger partial charge in [0, 0.05) is 32.2 Å². The van der Waals surface area contributed by atoms with Crippen LogP contribution in [-0.2, 0) is 4.74 Å². The van der Waals surface area contributed by atoms with Gasteiger partial charge in [-0.05, 0) is 26.8 Å². The lowest BCUT2D eigenvalue weighted by atomic mass is 10.2. The molecule has 122 valence electrons. The lowest BCUT2D eigenvalue weighted by Crippen LogP contribution is -2.50. The predicted molar refractivity (Wildman–Crippen MR) is 85.8 cm³/mol. The first kappa shape index (κ1) is 16.7. The van der Waals surface area contributed by atoms with E-state index in [4.69, 9.17) is 22.1 Å². The summed E-state index contributed by atoms with van der Waals surface area (Å²) < 4.78 is 19.3. The van der Waals surface area contributed by atoms with Gasteiger partial charge in [-0.1, -0.05) is 11.6 Å². The molecule has 1 heterocycles. The van der Waals surface area contributed by atoms with E-state index in [9.17, 15) is 9.18 Å². The number of rotatable bonds is 1. The molecule has 0 aliphatic carbocycles. The Morgan fingerprint density at radius 2 is 1.86 bits per heavy atom. The van der Waals surface area contributed by atoms with Crippen molar-refractivity contribution in [3.05, 3.63) is 23.0 Å². The van der Waals surface area contributed by atoms with Crippen molar-refractivity contribution in [2.75, 3.05) is 36.8 Å². The van der Waals surface area contributed by atoms with Crippen LogP contribution < -0.4 is 10.6 Å². The van der Waals surface area contributed by atoms with E-state index < -0.39 is 11.4 Å². The van der Waals surface area contributed by atoms with E-state index in [1.807, 2.05) is 25.7 Å². The van der Waals surface area contributed by atoms with Crippen molar-refractivity contribution in [3.63, 3.8) is 0 Å². The highest BCUT2D eigenvalue weighted by Crippen LogP contribution is 2.29. The van der Waals surface area contributed by atoms with Gasteiger partial charge in [0.1, 0.15) is 11.4 Å². The van der Waals surface area contributed by atoms with Gasteiger partial charge in [-0.15, -0.1) is 0 Å². The van der Waals surface area contributed by atoms with Crippen LogP contribution in [0.1, 0.15) is 20.8 Å². The summed E-state index contributed by atoms with van der Waals surface area (Å²) in [7, 11) is 0. The van der Waals surface area contributed by atoms with Gasteiger partial charge in [-0.2, -0.15) is 0 Å². The molecular formula is C15H21ClFN3O2. The van der Waals surface area contributed by atoms with E-state index in [0.717, 1.165) is 0 Å². The molecule has 2 N–H and O–H groups in total. The molecule has 1 amide bonds. The third-order valence-corrected chi connectivity index (χ3v) is 3.67. The maximum absolute atomic E-state index is 14.0. The van der Waals surface area contributed by atoms with E-state index >= 15 is 0 Å². The average Bonchev–Trinajstić information content (AvgIpc) is 2.41. The van der Waals surface area contributed by atoms with Gasteiger partial charge in [0.05, 0.1) is 16.4 Å². The normalized spacial score (nSPS) is 15.9. The predicted octanol–water partition coefficient (Wildman–Crippen LogP) is 3.12. The molecule has 0 spiro atoms. The van der Waals surface area contributed by atoms with Gasteiger partial charge in [0.2, 0.25) is 0 Å². The molecule has 1 fully saturated rings. The Morgan fingerprint density at radius 1 is 1.27 bits per heavy atom. The zero-order chi connectivity index (χ0) is 16.5. The van der Waals surface area contributed by atoms with E-state index in [-0.39, 0.29) is 11.8 Å². The van der Waals surface area contributed by atoms with Crippen molar-refractivity contribution in [2.24, 2.45) is 0 Å². The second kappa shape index (κ2) is 6.20. The van der Waals surface area contributed by atoms with Crippen LogP contribution in [0.3, 0.4) is 0 Å². The van der Waals surface area contributed by atoms with Crippen LogP contribution in [0.15, 0.2) is 12.1 Å². The third-order valence-electron chi connectivity index (χ3n) is 3.34. The number of ether oxygens (including phenoxy) is 1. The number of nitrogens with zero attached hydrogens (tertiary/aromatic N) is 2. The Morgan fingerprint density at radius 3 is 2.41 bits per heavy atom. The van der Waals surface area contributed by atoms with Crippen LogP contribution in [-0.4, -0.2) is 42.8 Å². The molecule has 0 atom stereocenters. The Hall–Kier alpha value is -1.69. The highest BCUT2D eigenvalue weighted by Gasteiger charge is 2.27. The average molecular weight is 330 g/mol. The fourth-order valence-electron chi connectivity index (χ4n) is 2.25. The molecule has 1 saturated heterocycles. The molecule has 2 rings (SSSR count). The number of amides is 1. The van der Waals surface area contributed by atoms with Crippen LogP contribution in [0.25, 0.3) is 0 Å². The highest BCUT2D eigenvalue weighted by molar-refractivity contribution is 6.33. The minimum atomic E-state index is -0.523. The number of hydrogen-bond donors (Lipinski definition) is 1. The number of benzene rings is 1. The summed E-state index contributed by atoms with van der Waals surface area (Å²) in [6, 6.07) is 2.74. The lowest BCUT2D eigenvalue weighted by Gasteiger charge is -2.36. The van der Waals surface area contributed by atoms with Crippen molar-refractivity contribution in [1.29, 1.82) is 0 Å². The topological polar surface area (TPSA) is 58.8 Å². The number of nitrogen functional groups attached to an aromatic ring is 1. The van der Waals surface area contributed by atoms with Crippen molar-refractivity contribution in [3.8, 4) is 0 Å². The van der Waals surface area contributed by atoms with Crippen LogP contribution >= 0.6 is 11.6 Å². The van der Waals surface area contributed by atoms with Gasteiger partial charge in [-0.25, -0.2) is 9.18 Å². The van der Waals surface area contributed by atoms with Gasteiger partial charge < -0.3 is 20.3 Å². The zero-order valence-electron chi connectivity index (χ0n) is 13.0. The van der Waals surface area contributed by atoms with Crippen LogP contribution in [0.2, 0.25) is 5.02 Å². The summed E-state index contributed by atoms with van der Waals surface area (Å²) in [4.78, 5) is 15.5. The summed E-state index contributed by atoms with van der Waals surface area (Å²) >= 11 is 5.95. The van der Waals surface area contributed by atoms with Gasteiger partial charge >= 0.3 is 6.09 Å². The first-order valence-corrected chi connectivity index (χ1v) is 7.52. The first-order valence-electron chi connectivity index (χ1n) is 7.15. The summed E-state index contributed by atoms with van der Waals surface area (Å²) in [5, 5.41) is 0.325. The third kappa shape index (κ3) is 3.94. The molecule has 0 radical (unpaired) electrons. The van der Waals surface area contributed by atoms with Crippen LogP contribution in [0.4, 0.5) is 20.6 Å². The van der Waals surface area contributed by atoms with Crippen molar-refractivity contribution in [1.82, 2.24) is 4.90 Å². The number of nitrogens with two attached hydrogens (primary N) is 1. The summed E-state index contributed by atoms with van der Waals surface area (Å²) in [6.45, 7) is 7.44. The number of carbonyl (C=O) groups is 1. The van der Waals surface area contributed by atoms with Crippen molar-refractivity contribution < 1.29 is 13.9 Å². The molecule has 7 heteroatoms. The van der Waals surface area contributed by atoms with Gasteiger partial charge in [0.15, 0.2) is 0 Å². The number of hydrogen-bond acceptors (Lipinski definition) is 4. The lowest BCUT2D eigenvalue weighted by molar-refractivity contribution is 0.0240. The van der Waals surface area contributed by atoms with Gasteiger partial charge in [-0.3, -0.25) is 0 Å². The molecule has 1 aliphatic heterocycles. The minimum Gasteiger partial charge on any atom is -0.444 e. The van der Waals surface area contributed by atoms with Crippen molar-refractivity contribution >= 4 is 29.1 Å². The molecule has 1 aromatic carbocycles. The summed E-state index contributed by atoms with van der Waals surface area (Å²) in [6.07, 6.45) is -0.344. The fraction of sp³-hybridized carbons (Fsp3) is 0.533. The first-order chi connectivity index (χ1) is 10.2. The maximum atomic E-state index is 14.0. The molecule has 1 aliphatic rings. The largest absolute Gasteiger partial charge is 0.444 e. The molecule has 0 bridgehead atoms. The Kier molecular flexibility index (Phi) is 4.70. The second-order valence-corrected chi connectivity index (χ2v) is 6.69. The molecule has 0 aromatic heterocycles. The second-order valence-electron chi connectivity index (χ2n) is 6.28. The fourth-order valence-corrected chi connectivity index (χ4v) is 2.41. The molecule has 5 nitrogen and oxygen atoms in total. The molecule has 1 aromatic rings. The number of anilines is 2. The number of piperazine rings is 1. The zero-order valence-corrected chi connectivity index (χ0v) is 13.8. The molecule has 0 saturated carbocycles. The standard InChI is InChI=1S/C15H21ClFN3O2/c1-15(2,3)22-14(21)20-6-4-19(5-7-20)13-8-10(16)12(18)9-11(13)17/h8-9H,4-7,18H2,1-3H3. The van der Waals surface area contributed by atoms with E-state index in [2.05, 4.69) is 0 Å². The highest BCUT2D eigenvalue weighted by atomic mass is 35.5. The quantitative estimate of drug-likeness (QED) is 0.804. The van der Waals surface area contributed by atoms with E-state index in [0.29, 0.717) is 36.9 Å². The Bertz CT molecular complexity index is 567.